The summed E-state index contributed by atoms with van der Waals surface area (Å²) in [7, 11) is 0. The predicted octanol–water partition coefficient (Wildman–Crippen LogP) is 1.67. The van der Waals surface area contributed by atoms with E-state index in [9.17, 15) is 4.79 Å². The molecule has 24 heavy (non-hydrogen) atoms. The molecule has 0 N–H and O–H groups in total. The minimum atomic E-state index is 0.0306. The Morgan fingerprint density at radius 1 is 1.29 bits per heavy atom. The molecule has 2 aliphatic rings. The van der Waals surface area contributed by atoms with Crippen molar-refractivity contribution in [2.45, 2.75) is 19.4 Å². The van der Waals surface area contributed by atoms with Gasteiger partial charge in [-0.1, -0.05) is 5.16 Å². The van der Waals surface area contributed by atoms with Gasteiger partial charge in [-0.25, -0.2) is 0 Å². The first-order valence-corrected chi connectivity index (χ1v) is 8.13. The van der Waals surface area contributed by atoms with E-state index in [1.165, 1.54) is 0 Å². The third-order valence-electron chi connectivity index (χ3n) is 4.37. The highest BCUT2D eigenvalue weighted by atomic mass is 16.5. The van der Waals surface area contributed by atoms with Crippen LogP contribution in [0.1, 0.15) is 12.2 Å². The van der Waals surface area contributed by atoms with Gasteiger partial charge >= 0.3 is 0 Å². The van der Waals surface area contributed by atoms with Crippen molar-refractivity contribution < 1.29 is 18.8 Å². The number of aromatic nitrogens is 2. The van der Waals surface area contributed by atoms with Crippen LogP contribution >= 0.6 is 0 Å². The molecule has 126 valence electrons. The normalized spacial score (nSPS) is 20.9. The van der Waals surface area contributed by atoms with E-state index in [1.54, 1.807) is 6.92 Å². The quantitative estimate of drug-likeness (QED) is 0.849. The summed E-state index contributed by atoms with van der Waals surface area (Å²) in [6, 6.07) is 7.54. The summed E-state index contributed by atoms with van der Waals surface area (Å²) in [4.78, 5) is 18.2. The van der Waals surface area contributed by atoms with E-state index >= 15 is 0 Å². The molecular weight excluding hydrogens is 310 g/mol. The average molecular weight is 329 g/mol. The average Bonchev–Trinajstić information content (AvgIpc) is 3.22. The van der Waals surface area contributed by atoms with Crippen LogP contribution < -0.4 is 4.74 Å². The maximum Gasteiger partial charge on any atom is 0.257 e. The topological polar surface area (TPSA) is 77.7 Å². The number of amides is 1. The van der Waals surface area contributed by atoms with Crippen LogP contribution in [-0.4, -0.2) is 53.4 Å². The molecule has 2 saturated heterocycles. The Morgan fingerprint density at radius 2 is 2.08 bits per heavy atom. The molecule has 7 nitrogen and oxygen atoms in total. The molecule has 1 amide bonds. The molecule has 0 saturated carbocycles. The maximum absolute atomic E-state index is 12.2. The third kappa shape index (κ3) is 2.99. The predicted molar refractivity (Wildman–Crippen MR) is 84.4 cm³/mol. The Morgan fingerprint density at radius 3 is 2.71 bits per heavy atom. The number of hydrogen-bond acceptors (Lipinski definition) is 6. The molecule has 0 radical (unpaired) electrons. The van der Waals surface area contributed by atoms with Gasteiger partial charge in [0.1, 0.15) is 11.9 Å². The fourth-order valence-corrected chi connectivity index (χ4v) is 2.96. The van der Waals surface area contributed by atoms with Crippen LogP contribution in [0.2, 0.25) is 0 Å². The molecule has 3 heterocycles. The Kier molecular flexibility index (Phi) is 3.93. The monoisotopic (exact) mass is 329 g/mol. The molecule has 0 bridgehead atoms. The largest absolute Gasteiger partial charge is 0.487 e. The highest BCUT2D eigenvalue weighted by Gasteiger charge is 2.37. The molecule has 2 aliphatic heterocycles. The summed E-state index contributed by atoms with van der Waals surface area (Å²) in [5.41, 5.74) is 0.856. The first-order chi connectivity index (χ1) is 11.7. The van der Waals surface area contributed by atoms with E-state index in [4.69, 9.17) is 14.0 Å². The van der Waals surface area contributed by atoms with Gasteiger partial charge in [0.05, 0.1) is 25.6 Å². The highest BCUT2D eigenvalue weighted by Crippen LogP contribution is 2.25. The number of benzene rings is 1. The van der Waals surface area contributed by atoms with Gasteiger partial charge in [0.15, 0.2) is 5.82 Å². The van der Waals surface area contributed by atoms with Crippen molar-refractivity contribution >= 4 is 5.91 Å². The highest BCUT2D eigenvalue weighted by molar-refractivity contribution is 5.80. The van der Waals surface area contributed by atoms with Crippen LogP contribution in [0.5, 0.6) is 5.75 Å². The Hall–Kier alpha value is -2.41. The summed E-state index contributed by atoms with van der Waals surface area (Å²) < 4.78 is 16.3. The first kappa shape index (κ1) is 15.1. The van der Waals surface area contributed by atoms with Gasteiger partial charge in [-0.15, -0.1) is 0 Å². The number of ether oxygens (including phenoxy) is 2. The molecular formula is C17H19N3O4. The summed E-state index contributed by atoms with van der Waals surface area (Å²) >= 11 is 0. The van der Waals surface area contributed by atoms with Gasteiger partial charge in [-0.3, -0.25) is 4.79 Å². The molecule has 1 unspecified atom stereocenters. The fourth-order valence-electron chi connectivity index (χ4n) is 2.96. The number of hydrogen-bond donors (Lipinski definition) is 0. The number of nitrogens with zero attached hydrogens (tertiary/aromatic N) is 3. The van der Waals surface area contributed by atoms with Crippen molar-refractivity contribution in [1.82, 2.24) is 15.0 Å². The molecule has 1 atom stereocenters. The zero-order valence-corrected chi connectivity index (χ0v) is 13.5. The molecule has 1 aromatic carbocycles. The van der Waals surface area contributed by atoms with Crippen LogP contribution in [-0.2, 0) is 9.53 Å². The molecule has 7 heteroatoms. The standard InChI is InChI=1S/C17H19N3O4/c1-11-18-16(24-19-11)12-2-4-14(5-3-12)23-15-8-20(9-15)17(21)13-6-7-22-10-13/h2-5,13,15H,6-10H2,1H3. The lowest BCUT2D eigenvalue weighted by atomic mass is 10.0. The van der Waals surface area contributed by atoms with Gasteiger partial charge < -0.3 is 18.9 Å². The SMILES string of the molecule is Cc1noc(-c2ccc(OC3CN(C(=O)C4CCOC4)C3)cc2)n1. The zero-order chi connectivity index (χ0) is 16.5. The second-order valence-corrected chi connectivity index (χ2v) is 6.21. The van der Waals surface area contributed by atoms with Crippen molar-refractivity contribution in [3.05, 3.63) is 30.1 Å². The number of aryl methyl sites for hydroxylation is 1. The number of likely N-dealkylation sites (tertiary alicyclic amines) is 1. The van der Waals surface area contributed by atoms with Gasteiger partial charge in [0.25, 0.3) is 5.89 Å². The van der Waals surface area contributed by atoms with Crippen molar-refractivity contribution in [3.63, 3.8) is 0 Å². The lowest BCUT2D eigenvalue weighted by Gasteiger charge is -2.40. The van der Waals surface area contributed by atoms with Gasteiger partial charge in [-0.2, -0.15) is 4.98 Å². The Balaban J connectivity index is 1.30. The minimum absolute atomic E-state index is 0.0306. The third-order valence-corrected chi connectivity index (χ3v) is 4.37. The van der Waals surface area contributed by atoms with Crippen molar-refractivity contribution in [2.24, 2.45) is 5.92 Å². The van der Waals surface area contributed by atoms with E-state index in [0.717, 1.165) is 17.7 Å². The van der Waals surface area contributed by atoms with Gasteiger partial charge in [0.2, 0.25) is 5.91 Å². The summed E-state index contributed by atoms with van der Waals surface area (Å²) in [6.07, 6.45) is 0.880. The van der Waals surface area contributed by atoms with Crippen molar-refractivity contribution in [1.29, 1.82) is 0 Å². The fraction of sp³-hybridized carbons (Fsp3) is 0.471. The molecule has 0 aliphatic carbocycles. The minimum Gasteiger partial charge on any atom is -0.487 e. The summed E-state index contributed by atoms with van der Waals surface area (Å²) in [5, 5.41) is 3.78. The number of carbonyl (C=O) groups is 1. The molecule has 0 spiro atoms. The molecule has 2 fully saturated rings. The molecule has 4 rings (SSSR count). The van der Waals surface area contributed by atoms with Crippen molar-refractivity contribution in [2.75, 3.05) is 26.3 Å². The molecule has 2 aromatic rings. The van der Waals surface area contributed by atoms with Crippen LogP contribution in [0.15, 0.2) is 28.8 Å². The second kappa shape index (κ2) is 6.24. The van der Waals surface area contributed by atoms with E-state index in [-0.39, 0.29) is 17.9 Å². The molecule has 1 aromatic heterocycles. The van der Waals surface area contributed by atoms with E-state index in [1.807, 2.05) is 29.2 Å². The van der Waals surface area contributed by atoms with Crippen LogP contribution in [0.3, 0.4) is 0 Å². The summed E-state index contributed by atoms with van der Waals surface area (Å²) in [6.45, 7) is 4.30. The lowest BCUT2D eigenvalue weighted by Crippen LogP contribution is -2.57. The Bertz CT molecular complexity index is 716. The summed E-state index contributed by atoms with van der Waals surface area (Å²) in [5.74, 6) is 2.10. The van der Waals surface area contributed by atoms with Crippen LogP contribution in [0.4, 0.5) is 0 Å². The number of rotatable bonds is 4. The van der Waals surface area contributed by atoms with Crippen molar-refractivity contribution in [3.8, 4) is 17.2 Å². The lowest BCUT2D eigenvalue weighted by molar-refractivity contribution is -0.144. The maximum atomic E-state index is 12.2. The van der Waals surface area contributed by atoms with E-state index < -0.39 is 0 Å². The first-order valence-electron chi connectivity index (χ1n) is 8.13. The number of carbonyl (C=O) groups excluding carboxylic acids is 1. The zero-order valence-electron chi connectivity index (χ0n) is 13.5. The second-order valence-electron chi connectivity index (χ2n) is 6.21. The van der Waals surface area contributed by atoms with E-state index in [0.29, 0.717) is 38.0 Å². The van der Waals surface area contributed by atoms with Gasteiger partial charge in [0, 0.05) is 12.2 Å². The van der Waals surface area contributed by atoms with E-state index in [2.05, 4.69) is 10.1 Å². The van der Waals surface area contributed by atoms with Crippen LogP contribution in [0, 0.1) is 12.8 Å². The van der Waals surface area contributed by atoms with Crippen LogP contribution in [0.25, 0.3) is 11.5 Å². The van der Waals surface area contributed by atoms with Gasteiger partial charge in [-0.05, 0) is 37.6 Å². The Labute approximate surface area is 139 Å². The smallest absolute Gasteiger partial charge is 0.257 e.